The van der Waals surface area contributed by atoms with Crippen LogP contribution < -0.4 is 0 Å². The van der Waals surface area contributed by atoms with Crippen LogP contribution in [0, 0.1) is 11.3 Å². The van der Waals surface area contributed by atoms with Gasteiger partial charge in [0.1, 0.15) is 11.5 Å². The zero-order valence-corrected chi connectivity index (χ0v) is 10.9. The summed E-state index contributed by atoms with van der Waals surface area (Å²) in [5.41, 5.74) is -0.149. The van der Waals surface area contributed by atoms with E-state index in [0.717, 1.165) is 6.42 Å². The third-order valence-corrected chi connectivity index (χ3v) is 3.59. The molecule has 1 heterocycles. The first kappa shape index (κ1) is 13.1. The molecule has 0 saturated carbocycles. The largest absolute Gasteiger partial charge is 0.367 e. The second-order valence-corrected chi connectivity index (χ2v) is 5.10. The molecule has 2 atom stereocenters. The van der Waals surface area contributed by atoms with E-state index in [1.54, 1.807) is 31.2 Å². The highest BCUT2D eigenvalue weighted by atomic mass is 35.5. The van der Waals surface area contributed by atoms with Crippen molar-refractivity contribution in [1.29, 1.82) is 5.26 Å². The van der Waals surface area contributed by atoms with E-state index in [2.05, 4.69) is 6.07 Å². The van der Waals surface area contributed by atoms with E-state index in [-0.39, 0.29) is 5.78 Å². The van der Waals surface area contributed by atoms with Gasteiger partial charge in [0.15, 0.2) is 5.78 Å². The number of carbonyl (C=O) groups excluding carboxylic acids is 1. The molecule has 1 aromatic rings. The SMILES string of the molecule is CC1(C(=O)C(C#N)c2ccc(Cl)cc2)CCCO1. The van der Waals surface area contributed by atoms with E-state index in [0.29, 0.717) is 23.6 Å². The molecule has 3 nitrogen and oxygen atoms in total. The van der Waals surface area contributed by atoms with Crippen LogP contribution in [0.3, 0.4) is 0 Å². The highest BCUT2D eigenvalue weighted by molar-refractivity contribution is 6.30. The molecule has 94 valence electrons. The predicted molar refractivity (Wildman–Crippen MR) is 68.4 cm³/mol. The highest BCUT2D eigenvalue weighted by Gasteiger charge is 2.42. The van der Waals surface area contributed by atoms with E-state index in [1.165, 1.54) is 0 Å². The molecule has 0 bridgehead atoms. The normalized spacial score (nSPS) is 24.5. The number of benzene rings is 1. The summed E-state index contributed by atoms with van der Waals surface area (Å²) in [5, 5.41) is 9.82. The number of ether oxygens (including phenoxy) is 1. The Labute approximate surface area is 111 Å². The van der Waals surface area contributed by atoms with Crippen molar-refractivity contribution in [3.63, 3.8) is 0 Å². The van der Waals surface area contributed by atoms with Gasteiger partial charge >= 0.3 is 0 Å². The van der Waals surface area contributed by atoms with Gasteiger partial charge in [-0.25, -0.2) is 0 Å². The first-order chi connectivity index (χ1) is 8.57. The third-order valence-electron chi connectivity index (χ3n) is 3.33. The molecule has 0 aliphatic carbocycles. The molecule has 2 rings (SSSR count). The molecule has 0 radical (unpaired) electrons. The Bertz CT molecular complexity index is 484. The molecule has 0 N–H and O–H groups in total. The van der Waals surface area contributed by atoms with Crippen molar-refractivity contribution in [3.05, 3.63) is 34.9 Å². The Balaban J connectivity index is 2.26. The van der Waals surface area contributed by atoms with Crippen LogP contribution in [-0.2, 0) is 9.53 Å². The molecule has 18 heavy (non-hydrogen) atoms. The van der Waals surface area contributed by atoms with E-state index >= 15 is 0 Å². The van der Waals surface area contributed by atoms with Gasteiger partial charge in [-0.15, -0.1) is 0 Å². The Morgan fingerprint density at radius 2 is 2.17 bits per heavy atom. The first-order valence-electron chi connectivity index (χ1n) is 5.90. The molecular weight excluding hydrogens is 250 g/mol. The molecule has 0 aromatic heterocycles. The summed E-state index contributed by atoms with van der Waals surface area (Å²) in [6.07, 6.45) is 1.54. The van der Waals surface area contributed by atoms with Crippen molar-refractivity contribution in [3.8, 4) is 6.07 Å². The Kier molecular flexibility index (Phi) is 3.70. The van der Waals surface area contributed by atoms with Crippen molar-refractivity contribution in [2.45, 2.75) is 31.3 Å². The number of halogens is 1. The van der Waals surface area contributed by atoms with Gasteiger partial charge in [-0.05, 0) is 37.5 Å². The summed E-state index contributed by atoms with van der Waals surface area (Å²) in [6, 6.07) is 8.87. The molecule has 1 aliphatic rings. The molecule has 2 unspecified atom stereocenters. The number of ketones is 1. The zero-order valence-electron chi connectivity index (χ0n) is 10.1. The van der Waals surface area contributed by atoms with Crippen LogP contribution in [0.15, 0.2) is 24.3 Å². The molecule has 0 amide bonds. The molecule has 1 aliphatic heterocycles. The number of Topliss-reactive ketones (excluding diaryl/α,β-unsaturated/α-hetero) is 1. The number of nitriles is 1. The van der Waals surface area contributed by atoms with Crippen LogP contribution in [0.1, 0.15) is 31.2 Å². The van der Waals surface area contributed by atoms with Crippen molar-refractivity contribution in [2.75, 3.05) is 6.61 Å². The molecule has 4 heteroatoms. The number of hydrogen-bond acceptors (Lipinski definition) is 3. The van der Waals surface area contributed by atoms with Gasteiger partial charge in [0.25, 0.3) is 0 Å². The van der Waals surface area contributed by atoms with Crippen LogP contribution in [-0.4, -0.2) is 18.0 Å². The Morgan fingerprint density at radius 1 is 1.50 bits per heavy atom. The minimum atomic E-state index is -0.819. The Morgan fingerprint density at radius 3 is 2.67 bits per heavy atom. The number of rotatable bonds is 3. The number of nitrogens with zero attached hydrogens (tertiary/aromatic N) is 1. The summed E-state index contributed by atoms with van der Waals surface area (Å²) in [6.45, 7) is 2.35. The minimum absolute atomic E-state index is 0.162. The van der Waals surface area contributed by atoms with Gasteiger partial charge in [-0.2, -0.15) is 5.26 Å². The lowest BCUT2D eigenvalue weighted by Crippen LogP contribution is -2.37. The molecule has 1 aromatic carbocycles. The average Bonchev–Trinajstić information content (AvgIpc) is 2.81. The monoisotopic (exact) mass is 263 g/mol. The van der Waals surface area contributed by atoms with Crippen molar-refractivity contribution in [2.24, 2.45) is 0 Å². The number of hydrogen-bond donors (Lipinski definition) is 0. The molecular formula is C14H14ClNO2. The van der Waals surface area contributed by atoms with Crippen molar-refractivity contribution >= 4 is 17.4 Å². The predicted octanol–water partition coefficient (Wildman–Crippen LogP) is 3.09. The molecule has 1 fully saturated rings. The van der Waals surface area contributed by atoms with Gasteiger partial charge in [0, 0.05) is 11.6 Å². The average molecular weight is 264 g/mol. The Hall–Kier alpha value is -1.37. The van der Waals surface area contributed by atoms with E-state index in [9.17, 15) is 10.1 Å². The third kappa shape index (κ3) is 2.40. The highest BCUT2D eigenvalue weighted by Crippen LogP contribution is 2.32. The van der Waals surface area contributed by atoms with Gasteiger partial charge in [0.2, 0.25) is 0 Å². The maximum Gasteiger partial charge on any atom is 0.185 e. The van der Waals surface area contributed by atoms with E-state index in [1.807, 2.05) is 0 Å². The second kappa shape index (κ2) is 5.09. The lowest BCUT2D eigenvalue weighted by molar-refractivity contribution is -0.137. The standard InChI is InChI=1S/C14H14ClNO2/c1-14(7-2-8-18-14)13(17)12(9-16)10-3-5-11(15)6-4-10/h3-6,12H,2,7-8H2,1H3. The summed E-state index contributed by atoms with van der Waals surface area (Å²) in [7, 11) is 0. The lowest BCUT2D eigenvalue weighted by Gasteiger charge is -2.24. The van der Waals surface area contributed by atoms with Crippen molar-refractivity contribution in [1.82, 2.24) is 0 Å². The van der Waals surface area contributed by atoms with E-state index < -0.39 is 11.5 Å². The van der Waals surface area contributed by atoms with Crippen LogP contribution in [0.2, 0.25) is 5.02 Å². The maximum atomic E-state index is 12.4. The van der Waals surface area contributed by atoms with Crippen LogP contribution in [0.25, 0.3) is 0 Å². The maximum absolute atomic E-state index is 12.4. The summed E-state index contributed by atoms with van der Waals surface area (Å²) < 4.78 is 5.50. The molecule has 0 spiro atoms. The van der Waals surface area contributed by atoms with Gasteiger partial charge in [-0.3, -0.25) is 4.79 Å². The summed E-state index contributed by atoms with van der Waals surface area (Å²) in [5.74, 6) is -0.949. The van der Waals surface area contributed by atoms with Crippen molar-refractivity contribution < 1.29 is 9.53 Å². The van der Waals surface area contributed by atoms with Crippen LogP contribution in [0.5, 0.6) is 0 Å². The topological polar surface area (TPSA) is 50.1 Å². The quantitative estimate of drug-likeness (QED) is 0.842. The van der Waals surface area contributed by atoms with Gasteiger partial charge in [0.05, 0.1) is 6.07 Å². The number of carbonyl (C=O) groups is 1. The second-order valence-electron chi connectivity index (χ2n) is 4.66. The van der Waals surface area contributed by atoms with Gasteiger partial charge in [-0.1, -0.05) is 23.7 Å². The fourth-order valence-corrected chi connectivity index (χ4v) is 2.34. The fourth-order valence-electron chi connectivity index (χ4n) is 2.22. The minimum Gasteiger partial charge on any atom is -0.367 e. The first-order valence-corrected chi connectivity index (χ1v) is 6.28. The van der Waals surface area contributed by atoms with Crippen LogP contribution in [0.4, 0.5) is 0 Å². The summed E-state index contributed by atoms with van der Waals surface area (Å²) in [4.78, 5) is 12.4. The van der Waals surface area contributed by atoms with Crippen LogP contribution >= 0.6 is 11.6 Å². The summed E-state index contributed by atoms with van der Waals surface area (Å²) >= 11 is 5.80. The zero-order chi connectivity index (χ0) is 13.2. The smallest absolute Gasteiger partial charge is 0.185 e. The van der Waals surface area contributed by atoms with Gasteiger partial charge < -0.3 is 4.74 Å². The lowest BCUT2D eigenvalue weighted by atomic mass is 9.85. The fraction of sp³-hybridized carbons (Fsp3) is 0.429. The molecule has 1 saturated heterocycles. The van der Waals surface area contributed by atoms with E-state index in [4.69, 9.17) is 16.3 Å².